The van der Waals surface area contributed by atoms with Crippen molar-refractivity contribution in [2.75, 3.05) is 13.1 Å². The van der Waals surface area contributed by atoms with E-state index in [1.54, 1.807) is 23.1 Å². The SMILES string of the molecule is O=C(c1c[nH]c2ncccc12)N1CCC(Cn2nc(C3CC3)ccc2=O)CC1. The third-order valence-corrected chi connectivity index (χ3v) is 5.90. The molecule has 7 nitrogen and oxygen atoms in total. The molecule has 3 aromatic rings. The van der Waals surface area contributed by atoms with Gasteiger partial charge < -0.3 is 9.88 Å². The molecular weight excluding hydrogens is 354 g/mol. The van der Waals surface area contributed by atoms with E-state index in [0.717, 1.165) is 29.6 Å². The standard InChI is InChI=1S/C21H23N5O2/c27-19-6-5-18(15-3-4-15)24-26(19)13-14-7-10-25(11-8-14)21(28)17-12-23-20-16(17)2-1-9-22-20/h1-2,5-6,9,12,14-15H,3-4,7-8,10-11,13H2,(H,22,23). The second-order valence-corrected chi connectivity index (χ2v) is 7.89. The highest BCUT2D eigenvalue weighted by Gasteiger charge is 2.28. The van der Waals surface area contributed by atoms with Crippen LogP contribution < -0.4 is 5.56 Å². The van der Waals surface area contributed by atoms with Gasteiger partial charge in [0.2, 0.25) is 0 Å². The topological polar surface area (TPSA) is 83.9 Å². The highest BCUT2D eigenvalue weighted by molar-refractivity contribution is 6.05. The first-order valence-electron chi connectivity index (χ1n) is 9.98. The van der Waals surface area contributed by atoms with Gasteiger partial charge in [-0.05, 0) is 49.8 Å². The van der Waals surface area contributed by atoms with E-state index in [9.17, 15) is 9.59 Å². The predicted molar refractivity (Wildman–Crippen MR) is 105 cm³/mol. The maximum absolute atomic E-state index is 12.9. The van der Waals surface area contributed by atoms with Crippen molar-refractivity contribution >= 4 is 16.9 Å². The molecule has 28 heavy (non-hydrogen) atoms. The van der Waals surface area contributed by atoms with Crippen LogP contribution in [-0.2, 0) is 6.54 Å². The van der Waals surface area contributed by atoms with Gasteiger partial charge in [-0.1, -0.05) is 0 Å². The molecule has 7 heteroatoms. The molecule has 3 aromatic heterocycles. The van der Waals surface area contributed by atoms with Crippen LogP contribution in [0.15, 0.2) is 41.5 Å². The van der Waals surface area contributed by atoms with Crippen molar-refractivity contribution in [3.8, 4) is 0 Å². The fraction of sp³-hybridized carbons (Fsp3) is 0.429. The molecule has 0 spiro atoms. The number of rotatable bonds is 4. The Morgan fingerprint density at radius 1 is 1.14 bits per heavy atom. The average molecular weight is 377 g/mol. The van der Waals surface area contributed by atoms with Gasteiger partial charge in [0.15, 0.2) is 0 Å². The van der Waals surface area contributed by atoms with E-state index < -0.39 is 0 Å². The van der Waals surface area contributed by atoms with Crippen molar-refractivity contribution in [3.63, 3.8) is 0 Å². The molecule has 2 fully saturated rings. The van der Waals surface area contributed by atoms with E-state index >= 15 is 0 Å². The van der Waals surface area contributed by atoms with Crippen molar-refractivity contribution < 1.29 is 4.79 Å². The number of nitrogens with one attached hydrogen (secondary N) is 1. The minimum atomic E-state index is -0.0331. The van der Waals surface area contributed by atoms with E-state index in [1.165, 1.54) is 12.8 Å². The first-order valence-corrected chi connectivity index (χ1v) is 9.98. The van der Waals surface area contributed by atoms with Gasteiger partial charge in [0.05, 0.1) is 11.3 Å². The molecule has 0 atom stereocenters. The van der Waals surface area contributed by atoms with Crippen molar-refractivity contribution in [1.82, 2.24) is 24.6 Å². The van der Waals surface area contributed by atoms with E-state index in [4.69, 9.17) is 0 Å². The van der Waals surface area contributed by atoms with Gasteiger partial charge in [0, 0.05) is 49.4 Å². The lowest BCUT2D eigenvalue weighted by atomic mass is 9.96. The lowest BCUT2D eigenvalue weighted by Gasteiger charge is -2.32. The molecule has 1 saturated carbocycles. The fourth-order valence-corrected chi connectivity index (χ4v) is 4.06. The van der Waals surface area contributed by atoms with Gasteiger partial charge in [-0.15, -0.1) is 0 Å². The Hall–Kier alpha value is -2.96. The maximum Gasteiger partial charge on any atom is 0.266 e. The largest absolute Gasteiger partial charge is 0.345 e. The summed E-state index contributed by atoms with van der Waals surface area (Å²) in [4.78, 5) is 34.3. The molecule has 144 valence electrons. The number of carbonyl (C=O) groups is 1. The van der Waals surface area contributed by atoms with Gasteiger partial charge in [0.25, 0.3) is 11.5 Å². The molecule has 0 aromatic carbocycles. The Labute approximate surface area is 162 Å². The van der Waals surface area contributed by atoms with Crippen LogP contribution in [0.2, 0.25) is 0 Å². The molecule has 0 bridgehead atoms. The predicted octanol–water partition coefficient (Wildman–Crippen LogP) is 2.55. The van der Waals surface area contributed by atoms with E-state index in [-0.39, 0.29) is 11.5 Å². The van der Waals surface area contributed by atoms with Crippen LogP contribution in [0.1, 0.15) is 47.7 Å². The Kier molecular flexibility index (Phi) is 4.22. The first-order chi connectivity index (χ1) is 13.7. The molecule has 2 aliphatic rings. The monoisotopic (exact) mass is 377 g/mol. The minimum absolute atomic E-state index is 0.0331. The Bertz CT molecular complexity index is 1070. The van der Waals surface area contributed by atoms with Crippen LogP contribution in [0.3, 0.4) is 0 Å². The molecule has 1 aliphatic heterocycles. The van der Waals surface area contributed by atoms with Gasteiger partial charge in [-0.25, -0.2) is 9.67 Å². The van der Waals surface area contributed by atoms with Crippen molar-refractivity contribution in [2.24, 2.45) is 5.92 Å². The molecule has 1 aliphatic carbocycles. The summed E-state index contributed by atoms with van der Waals surface area (Å²) in [7, 11) is 0. The number of piperidine rings is 1. The zero-order chi connectivity index (χ0) is 19.1. The number of hydrogen-bond donors (Lipinski definition) is 1. The van der Waals surface area contributed by atoms with E-state index in [1.807, 2.05) is 23.1 Å². The number of pyridine rings is 1. The van der Waals surface area contributed by atoms with Crippen molar-refractivity contribution in [1.29, 1.82) is 0 Å². The number of nitrogens with zero attached hydrogens (tertiary/aromatic N) is 4. The van der Waals surface area contributed by atoms with Crippen LogP contribution in [0.25, 0.3) is 11.0 Å². The number of aromatic nitrogens is 4. The summed E-state index contributed by atoms with van der Waals surface area (Å²) in [6.07, 6.45) is 7.58. The van der Waals surface area contributed by atoms with Crippen LogP contribution >= 0.6 is 0 Å². The lowest BCUT2D eigenvalue weighted by Crippen LogP contribution is -2.40. The lowest BCUT2D eigenvalue weighted by molar-refractivity contribution is 0.0682. The minimum Gasteiger partial charge on any atom is -0.345 e. The zero-order valence-electron chi connectivity index (χ0n) is 15.7. The third-order valence-electron chi connectivity index (χ3n) is 5.90. The van der Waals surface area contributed by atoms with Gasteiger partial charge in [0.1, 0.15) is 5.65 Å². The summed E-state index contributed by atoms with van der Waals surface area (Å²) >= 11 is 0. The first kappa shape index (κ1) is 17.2. The summed E-state index contributed by atoms with van der Waals surface area (Å²) in [5.74, 6) is 0.953. The molecule has 4 heterocycles. The van der Waals surface area contributed by atoms with Crippen LogP contribution in [0.4, 0.5) is 0 Å². The number of aromatic amines is 1. The van der Waals surface area contributed by atoms with E-state index in [0.29, 0.717) is 37.0 Å². The Balaban J connectivity index is 1.25. The highest BCUT2D eigenvalue weighted by atomic mass is 16.2. The van der Waals surface area contributed by atoms with Crippen LogP contribution in [-0.4, -0.2) is 43.6 Å². The molecule has 1 amide bonds. The van der Waals surface area contributed by atoms with Crippen molar-refractivity contribution in [2.45, 2.75) is 38.1 Å². The second-order valence-electron chi connectivity index (χ2n) is 7.89. The summed E-state index contributed by atoms with van der Waals surface area (Å²) < 4.78 is 1.63. The smallest absolute Gasteiger partial charge is 0.266 e. The number of amides is 1. The van der Waals surface area contributed by atoms with Gasteiger partial charge in [-0.3, -0.25) is 9.59 Å². The molecule has 0 radical (unpaired) electrons. The molecule has 1 saturated heterocycles. The molecular formula is C21H23N5O2. The molecule has 1 N–H and O–H groups in total. The highest BCUT2D eigenvalue weighted by Crippen LogP contribution is 2.38. The number of carbonyl (C=O) groups excluding carboxylic acids is 1. The summed E-state index contributed by atoms with van der Waals surface area (Å²) in [5.41, 5.74) is 2.42. The number of H-pyrrole nitrogens is 1. The zero-order valence-corrected chi connectivity index (χ0v) is 15.7. The quantitative estimate of drug-likeness (QED) is 0.757. The summed E-state index contributed by atoms with van der Waals surface area (Å²) in [6, 6.07) is 7.28. The second kappa shape index (κ2) is 6.89. The van der Waals surface area contributed by atoms with Gasteiger partial charge >= 0.3 is 0 Å². The molecule has 0 unspecified atom stereocenters. The number of fused-ring (bicyclic) bond motifs is 1. The van der Waals surface area contributed by atoms with Crippen LogP contribution in [0.5, 0.6) is 0 Å². The Morgan fingerprint density at radius 2 is 1.96 bits per heavy atom. The maximum atomic E-state index is 12.9. The summed E-state index contributed by atoms with van der Waals surface area (Å²) in [6.45, 7) is 2.04. The Morgan fingerprint density at radius 3 is 2.75 bits per heavy atom. The van der Waals surface area contributed by atoms with Crippen LogP contribution in [0, 0.1) is 5.92 Å². The fourth-order valence-electron chi connectivity index (χ4n) is 4.06. The van der Waals surface area contributed by atoms with Crippen molar-refractivity contribution in [3.05, 3.63) is 58.3 Å². The normalized spacial score (nSPS) is 17.9. The number of hydrogen-bond acceptors (Lipinski definition) is 4. The van der Waals surface area contributed by atoms with Gasteiger partial charge in [-0.2, -0.15) is 5.10 Å². The van der Waals surface area contributed by atoms with E-state index in [2.05, 4.69) is 15.1 Å². The average Bonchev–Trinajstić information content (AvgIpc) is 3.49. The molecule has 5 rings (SSSR count). The number of likely N-dealkylation sites (tertiary alicyclic amines) is 1. The summed E-state index contributed by atoms with van der Waals surface area (Å²) in [5, 5.41) is 5.43. The third kappa shape index (κ3) is 3.21.